The number of carbonyl (C=O) groups excluding carboxylic acids is 2. The molecule has 3 rings (SSSR count). The molecule has 1 heterocycles. The first-order valence-corrected chi connectivity index (χ1v) is 8.26. The summed E-state index contributed by atoms with van der Waals surface area (Å²) in [5, 5.41) is 2.89. The fourth-order valence-electron chi connectivity index (χ4n) is 3.13. The molecule has 1 unspecified atom stereocenters. The molecular formula is C20H22N2O3. The summed E-state index contributed by atoms with van der Waals surface area (Å²) in [6.45, 7) is 3.55. The van der Waals surface area contributed by atoms with Gasteiger partial charge in [-0.1, -0.05) is 30.3 Å². The summed E-state index contributed by atoms with van der Waals surface area (Å²) in [5.74, 6) is 0.495. The Morgan fingerprint density at radius 3 is 2.32 bits per heavy atom. The van der Waals surface area contributed by atoms with Crippen molar-refractivity contribution in [1.82, 2.24) is 4.90 Å². The number of rotatable bonds is 5. The van der Waals surface area contributed by atoms with Gasteiger partial charge in [0.15, 0.2) is 0 Å². The van der Waals surface area contributed by atoms with Crippen molar-refractivity contribution in [2.24, 2.45) is 0 Å². The van der Waals surface area contributed by atoms with Gasteiger partial charge < -0.3 is 15.0 Å². The van der Waals surface area contributed by atoms with Gasteiger partial charge in [-0.05, 0) is 43.7 Å². The van der Waals surface area contributed by atoms with Crippen molar-refractivity contribution < 1.29 is 14.3 Å². The monoisotopic (exact) mass is 338 g/mol. The molecule has 5 heteroatoms. The summed E-state index contributed by atoms with van der Waals surface area (Å²) >= 11 is 0. The van der Waals surface area contributed by atoms with Gasteiger partial charge in [-0.25, -0.2) is 0 Å². The molecule has 1 aliphatic rings. The molecule has 0 aliphatic carbocycles. The average Bonchev–Trinajstić information content (AvgIpc) is 2.60. The van der Waals surface area contributed by atoms with Gasteiger partial charge in [-0.15, -0.1) is 0 Å². The third-order valence-electron chi connectivity index (χ3n) is 4.64. The quantitative estimate of drug-likeness (QED) is 0.850. The number of nitrogens with one attached hydrogen (secondary N) is 1. The molecule has 0 bridgehead atoms. The molecule has 2 aromatic rings. The molecule has 1 aliphatic heterocycles. The maximum Gasteiger partial charge on any atom is 0.249 e. The van der Waals surface area contributed by atoms with E-state index in [0.717, 1.165) is 11.3 Å². The van der Waals surface area contributed by atoms with Crippen LogP contribution in [0.15, 0.2) is 54.6 Å². The van der Waals surface area contributed by atoms with Gasteiger partial charge in [0.05, 0.1) is 19.6 Å². The summed E-state index contributed by atoms with van der Waals surface area (Å²) in [5.41, 5.74) is 0.769. The molecule has 0 saturated carbocycles. The van der Waals surface area contributed by atoms with E-state index in [9.17, 15) is 9.59 Å². The predicted molar refractivity (Wildman–Crippen MR) is 96.3 cm³/mol. The van der Waals surface area contributed by atoms with Gasteiger partial charge in [0, 0.05) is 5.69 Å². The Hall–Kier alpha value is -2.82. The van der Waals surface area contributed by atoms with E-state index >= 15 is 0 Å². The number of anilines is 1. The number of β-lactam (4-membered cyclic amide) rings is 1. The molecule has 1 atom stereocenters. The first kappa shape index (κ1) is 17.0. The van der Waals surface area contributed by atoms with Crippen molar-refractivity contribution in [2.45, 2.75) is 31.8 Å². The Labute approximate surface area is 147 Å². The fraction of sp³-hybridized carbons (Fsp3) is 0.300. The Balaban J connectivity index is 1.76. The van der Waals surface area contributed by atoms with E-state index in [1.807, 2.05) is 30.3 Å². The minimum absolute atomic E-state index is 0.0104. The lowest BCUT2D eigenvalue weighted by Gasteiger charge is -2.49. The van der Waals surface area contributed by atoms with Crippen molar-refractivity contribution in [1.29, 1.82) is 0 Å². The predicted octanol–water partition coefficient (Wildman–Crippen LogP) is 3.39. The molecule has 25 heavy (non-hydrogen) atoms. The van der Waals surface area contributed by atoms with E-state index in [4.69, 9.17) is 4.74 Å². The van der Waals surface area contributed by atoms with E-state index < -0.39 is 5.54 Å². The molecule has 5 nitrogen and oxygen atoms in total. The minimum atomic E-state index is -0.949. The molecule has 0 spiro atoms. The SMILES string of the molecule is COc1ccc(NC(=O)C(C)(C)N2C(=O)CC2c2ccccc2)cc1. The smallest absolute Gasteiger partial charge is 0.249 e. The third kappa shape index (κ3) is 3.22. The lowest BCUT2D eigenvalue weighted by Crippen LogP contribution is -2.62. The van der Waals surface area contributed by atoms with E-state index in [0.29, 0.717) is 12.1 Å². The van der Waals surface area contributed by atoms with Gasteiger partial charge in [0.1, 0.15) is 11.3 Å². The first-order valence-electron chi connectivity index (χ1n) is 8.26. The summed E-state index contributed by atoms with van der Waals surface area (Å²) in [6.07, 6.45) is 0.434. The second kappa shape index (κ2) is 6.59. The number of likely N-dealkylation sites (tertiary alicyclic amines) is 1. The second-order valence-corrected chi connectivity index (χ2v) is 6.64. The van der Waals surface area contributed by atoms with Crippen molar-refractivity contribution in [3.63, 3.8) is 0 Å². The van der Waals surface area contributed by atoms with Crippen LogP contribution in [0.3, 0.4) is 0 Å². The van der Waals surface area contributed by atoms with Crippen LogP contribution < -0.4 is 10.1 Å². The molecule has 0 radical (unpaired) electrons. The number of nitrogens with zero attached hydrogens (tertiary/aromatic N) is 1. The van der Waals surface area contributed by atoms with Gasteiger partial charge in [0.25, 0.3) is 0 Å². The minimum Gasteiger partial charge on any atom is -0.497 e. The largest absolute Gasteiger partial charge is 0.497 e. The van der Waals surface area contributed by atoms with Crippen LogP contribution in [0.5, 0.6) is 5.75 Å². The summed E-state index contributed by atoms with van der Waals surface area (Å²) < 4.78 is 5.12. The highest BCUT2D eigenvalue weighted by atomic mass is 16.5. The Kier molecular flexibility index (Phi) is 4.49. The maximum absolute atomic E-state index is 12.8. The normalized spacial score (nSPS) is 17.0. The molecular weight excluding hydrogens is 316 g/mol. The number of hydrogen-bond acceptors (Lipinski definition) is 3. The van der Waals surface area contributed by atoms with E-state index in [2.05, 4.69) is 5.32 Å². The van der Waals surface area contributed by atoms with Crippen molar-refractivity contribution >= 4 is 17.5 Å². The van der Waals surface area contributed by atoms with Crippen LogP contribution in [-0.2, 0) is 9.59 Å². The molecule has 1 N–H and O–H groups in total. The van der Waals surface area contributed by atoms with Crippen LogP contribution in [0.1, 0.15) is 31.9 Å². The zero-order valence-electron chi connectivity index (χ0n) is 14.7. The fourth-order valence-corrected chi connectivity index (χ4v) is 3.13. The van der Waals surface area contributed by atoms with Crippen LogP contribution in [0.4, 0.5) is 5.69 Å². The van der Waals surface area contributed by atoms with Crippen LogP contribution in [0.25, 0.3) is 0 Å². The molecule has 0 aromatic heterocycles. The summed E-state index contributed by atoms with van der Waals surface area (Å²) in [6, 6.07) is 16.9. The number of hydrogen-bond donors (Lipinski definition) is 1. The van der Waals surface area contributed by atoms with Crippen molar-refractivity contribution in [3.8, 4) is 5.75 Å². The highest BCUT2D eigenvalue weighted by Gasteiger charge is 2.49. The number of benzene rings is 2. The zero-order valence-corrected chi connectivity index (χ0v) is 14.7. The highest BCUT2D eigenvalue weighted by molar-refractivity contribution is 6.01. The van der Waals surface area contributed by atoms with Crippen LogP contribution in [-0.4, -0.2) is 29.4 Å². The van der Waals surface area contributed by atoms with Gasteiger partial charge in [0.2, 0.25) is 11.8 Å². The zero-order chi connectivity index (χ0) is 18.0. The van der Waals surface area contributed by atoms with Crippen LogP contribution in [0.2, 0.25) is 0 Å². The van der Waals surface area contributed by atoms with E-state index in [-0.39, 0.29) is 17.9 Å². The molecule has 2 amide bonds. The Morgan fingerprint density at radius 1 is 1.12 bits per heavy atom. The standard InChI is InChI=1S/C20H22N2O3/c1-20(2,19(24)21-15-9-11-16(25-3)12-10-15)22-17(13-18(22)23)14-7-5-4-6-8-14/h4-12,17H,13H2,1-3H3,(H,21,24). The molecule has 2 aromatic carbocycles. The molecule has 130 valence electrons. The third-order valence-corrected chi connectivity index (χ3v) is 4.64. The van der Waals surface area contributed by atoms with Crippen molar-refractivity contribution in [3.05, 3.63) is 60.2 Å². The number of carbonyl (C=O) groups is 2. The molecule has 1 saturated heterocycles. The lowest BCUT2D eigenvalue weighted by molar-refractivity contribution is -0.160. The lowest BCUT2D eigenvalue weighted by atomic mass is 9.86. The highest BCUT2D eigenvalue weighted by Crippen LogP contribution is 2.40. The topological polar surface area (TPSA) is 58.6 Å². The van der Waals surface area contributed by atoms with Gasteiger partial charge in [-0.3, -0.25) is 9.59 Å². The maximum atomic E-state index is 12.8. The van der Waals surface area contributed by atoms with Crippen LogP contribution >= 0.6 is 0 Å². The second-order valence-electron chi connectivity index (χ2n) is 6.64. The first-order chi connectivity index (χ1) is 11.9. The Morgan fingerprint density at radius 2 is 1.76 bits per heavy atom. The molecule has 1 fully saturated rings. The summed E-state index contributed by atoms with van der Waals surface area (Å²) in [7, 11) is 1.59. The van der Waals surface area contributed by atoms with E-state index in [1.54, 1.807) is 50.1 Å². The van der Waals surface area contributed by atoms with Gasteiger partial charge >= 0.3 is 0 Å². The number of ether oxygens (including phenoxy) is 1. The van der Waals surface area contributed by atoms with Crippen molar-refractivity contribution in [2.75, 3.05) is 12.4 Å². The Bertz CT molecular complexity index is 769. The number of methoxy groups -OCH3 is 1. The summed E-state index contributed by atoms with van der Waals surface area (Å²) in [4.78, 5) is 26.7. The average molecular weight is 338 g/mol. The van der Waals surface area contributed by atoms with Gasteiger partial charge in [-0.2, -0.15) is 0 Å². The van der Waals surface area contributed by atoms with Crippen LogP contribution in [0, 0.1) is 0 Å². The number of amides is 2. The van der Waals surface area contributed by atoms with E-state index in [1.165, 1.54) is 0 Å².